The summed E-state index contributed by atoms with van der Waals surface area (Å²) in [4.78, 5) is 30.3. The van der Waals surface area contributed by atoms with Gasteiger partial charge < -0.3 is 10.2 Å². The molecule has 1 N–H and O–H groups in total. The molecule has 0 unspecified atom stereocenters. The Balaban J connectivity index is 1.83. The van der Waals surface area contributed by atoms with Crippen molar-refractivity contribution in [3.63, 3.8) is 0 Å². The Hall–Kier alpha value is -3.26. The van der Waals surface area contributed by atoms with Gasteiger partial charge in [-0.15, -0.1) is 0 Å². The van der Waals surface area contributed by atoms with E-state index in [0.717, 1.165) is 16.4 Å². The molecule has 3 rings (SSSR count). The van der Waals surface area contributed by atoms with Crippen molar-refractivity contribution in [2.24, 2.45) is 0 Å². The van der Waals surface area contributed by atoms with Crippen LogP contribution in [0.4, 0.5) is 18.9 Å². The van der Waals surface area contributed by atoms with E-state index >= 15 is 0 Å². The van der Waals surface area contributed by atoms with Crippen molar-refractivity contribution in [1.82, 2.24) is 4.73 Å². The summed E-state index contributed by atoms with van der Waals surface area (Å²) in [6.45, 7) is 0.0707. The number of amides is 1. The minimum atomic E-state index is -4.73. The number of hydrogen-bond donors (Lipinski definition) is 1. The molecule has 9 heteroatoms. The molecule has 0 aliphatic carbocycles. The van der Waals surface area contributed by atoms with Gasteiger partial charge in [0.05, 0.1) is 11.3 Å². The van der Waals surface area contributed by atoms with E-state index in [-0.39, 0.29) is 17.2 Å². The molecule has 0 aliphatic rings. The molecule has 0 saturated carbocycles. The molecule has 1 aromatic heterocycles. The van der Waals surface area contributed by atoms with Crippen LogP contribution in [0.15, 0.2) is 71.7 Å². The highest BCUT2D eigenvalue weighted by molar-refractivity contribution is 6.30. The van der Waals surface area contributed by atoms with E-state index < -0.39 is 28.9 Å². The van der Waals surface area contributed by atoms with Crippen LogP contribution in [0.5, 0.6) is 0 Å². The van der Waals surface area contributed by atoms with Gasteiger partial charge in [0.2, 0.25) is 0 Å². The van der Waals surface area contributed by atoms with Gasteiger partial charge in [-0.05, 0) is 35.9 Å². The fourth-order valence-corrected chi connectivity index (χ4v) is 2.69. The van der Waals surface area contributed by atoms with Crippen LogP contribution < -0.4 is 15.7 Å². The van der Waals surface area contributed by atoms with Crippen molar-refractivity contribution in [3.8, 4) is 0 Å². The second-order valence-electron chi connectivity index (χ2n) is 5.95. The lowest BCUT2D eigenvalue weighted by Crippen LogP contribution is -2.32. The highest BCUT2D eigenvalue weighted by Gasteiger charge is 2.34. The van der Waals surface area contributed by atoms with Crippen LogP contribution in [0.2, 0.25) is 5.02 Å². The minimum absolute atomic E-state index is 0.0707. The van der Waals surface area contributed by atoms with Crippen molar-refractivity contribution in [1.29, 1.82) is 0 Å². The number of aromatic nitrogens is 1. The number of alkyl halides is 3. The SMILES string of the molecule is O=C(Nc1ccc(Cl)cc1C(F)(F)F)c1cccn(OCc2ccccc2)c1=O. The van der Waals surface area contributed by atoms with Crippen molar-refractivity contribution < 1.29 is 22.8 Å². The molecule has 2 aromatic carbocycles. The number of nitrogens with one attached hydrogen (secondary N) is 1. The predicted octanol–water partition coefficient (Wildman–Crippen LogP) is 4.40. The highest BCUT2D eigenvalue weighted by atomic mass is 35.5. The summed E-state index contributed by atoms with van der Waals surface area (Å²) in [6, 6.07) is 14.5. The molecular formula is C20H14ClF3N2O3. The van der Waals surface area contributed by atoms with E-state index in [1.54, 1.807) is 24.3 Å². The van der Waals surface area contributed by atoms with Gasteiger partial charge >= 0.3 is 6.18 Å². The second-order valence-corrected chi connectivity index (χ2v) is 6.39. The van der Waals surface area contributed by atoms with E-state index in [1.165, 1.54) is 24.4 Å². The van der Waals surface area contributed by atoms with Gasteiger partial charge in [0.15, 0.2) is 0 Å². The molecule has 3 aromatic rings. The summed E-state index contributed by atoms with van der Waals surface area (Å²) < 4.78 is 40.4. The van der Waals surface area contributed by atoms with Gasteiger partial charge in [-0.2, -0.15) is 17.9 Å². The molecule has 0 saturated heterocycles. The average molecular weight is 423 g/mol. The standard InChI is InChI=1S/C20H14ClF3N2O3/c21-14-8-9-17(16(11-14)20(22,23)24)25-18(27)15-7-4-10-26(19(15)28)29-12-13-5-2-1-3-6-13/h1-11H,12H2,(H,25,27). The number of rotatable bonds is 5. The Kier molecular flexibility index (Phi) is 5.93. The van der Waals surface area contributed by atoms with E-state index in [4.69, 9.17) is 16.4 Å². The number of hydrogen-bond acceptors (Lipinski definition) is 3. The van der Waals surface area contributed by atoms with Crippen LogP contribution in [-0.2, 0) is 12.8 Å². The van der Waals surface area contributed by atoms with Crippen molar-refractivity contribution in [2.75, 3.05) is 5.32 Å². The first-order valence-electron chi connectivity index (χ1n) is 8.32. The third-order valence-corrected chi connectivity index (χ3v) is 4.14. The molecule has 1 amide bonds. The minimum Gasteiger partial charge on any atom is -0.406 e. The van der Waals surface area contributed by atoms with E-state index in [2.05, 4.69) is 5.32 Å². The van der Waals surface area contributed by atoms with Gasteiger partial charge in [-0.1, -0.05) is 41.9 Å². The summed E-state index contributed by atoms with van der Waals surface area (Å²) in [6.07, 6.45) is -3.42. The molecule has 0 bridgehead atoms. The number of benzene rings is 2. The van der Waals surface area contributed by atoms with Gasteiger partial charge in [-0.3, -0.25) is 9.59 Å². The summed E-state index contributed by atoms with van der Waals surface area (Å²) >= 11 is 5.63. The highest BCUT2D eigenvalue weighted by Crippen LogP contribution is 2.36. The van der Waals surface area contributed by atoms with Crippen molar-refractivity contribution >= 4 is 23.2 Å². The topological polar surface area (TPSA) is 60.3 Å². The summed E-state index contributed by atoms with van der Waals surface area (Å²) in [5.74, 6) is -1.000. The maximum atomic E-state index is 13.2. The van der Waals surface area contributed by atoms with Crippen molar-refractivity contribution in [2.45, 2.75) is 12.8 Å². The number of pyridine rings is 1. The van der Waals surface area contributed by atoms with Crippen molar-refractivity contribution in [3.05, 3.63) is 98.9 Å². The van der Waals surface area contributed by atoms with Crippen LogP contribution >= 0.6 is 11.6 Å². The molecule has 1 heterocycles. The maximum absolute atomic E-state index is 13.2. The number of anilines is 1. The van der Waals surface area contributed by atoms with Crippen LogP contribution in [-0.4, -0.2) is 10.6 Å². The molecule has 0 fully saturated rings. The molecule has 150 valence electrons. The molecule has 5 nitrogen and oxygen atoms in total. The molecule has 0 atom stereocenters. The lowest BCUT2D eigenvalue weighted by molar-refractivity contribution is -0.136. The van der Waals surface area contributed by atoms with E-state index in [9.17, 15) is 22.8 Å². The second kappa shape index (κ2) is 8.40. The Morgan fingerprint density at radius 1 is 1.07 bits per heavy atom. The lowest BCUT2D eigenvalue weighted by atomic mass is 10.1. The normalized spacial score (nSPS) is 11.2. The maximum Gasteiger partial charge on any atom is 0.418 e. The third kappa shape index (κ3) is 4.97. The Bertz CT molecular complexity index is 1080. The number of carbonyl (C=O) groups excluding carboxylic acids is 1. The fourth-order valence-electron chi connectivity index (χ4n) is 2.52. The molecule has 0 spiro atoms. The molecule has 0 radical (unpaired) electrons. The fraction of sp³-hybridized carbons (Fsp3) is 0.100. The Morgan fingerprint density at radius 3 is 2.48 bits per heavy atom. The van der Waals surface area contributed by atoms with E-state index in [0.29, 0.717) is 6.07 Å². The molecule has 29 heavy (non-hydrogen) atoms. The van der Waals surface area contributed by atoms with Gasteiger partial charge in [0, 0.05) is 11.2 Å². The first-order chi connectivity index (χ1) is 13.8. The summed E-state index contributed by atoms with van der Waals surface area (Å²) in [5, 5.41) is 1.98. The van der Waals surface area contributed by atoms with Gasteiger partial charge in [0.25, 0.3) is 11.5 Å². The van der Waals surface area contributed by atoms with Crippen LogP contribution in [0.1, 0.15) is 21.5 Å². The number of halogens is 4. The van der Waals surface area contributed by atoms with Crippen LogP contribution in [0.3, 0.4) is 0 Å². The zero-order valence-corrected chi connectivity index (χ0v) is 15.5. The quantitative estimate of drug-likeness (QED) is 0.663. The van der Waals surface area contributed by atoms with Crippen LogP contribution in [0.25, 0.3) is 0 Å². The monoisotopic (exact) mass is 422 g/mol. The van der Waals surface area contributed by atoms with E-state index in [1.807, 2.05) is 6.07 Å². The Morgan fingerprint density at radius 2 is 1.79 bits per heavy atom. The summed E-state index contributed by atoms with van der Waals surface area (Å²) in [7, 11) is 0. The molecular weight excluding hydrogens is 409 g/mol. The smallest absolute Gasteiger partial charge is 0.406 e. The lowest BCUT2D eigenvalue weighted by Gasteiger charge is -2.14. The van der Waals surface area contributed by atoms with Crippen LogP contribution in [0, 0.1) is 0 Å². The zero-order chi connectivity index (χ0) is 21.0. The zero-order valence-electron chi connectivity index (χ0n) is 14.7. The predicted molar refractivity (Wildman–Crippen MR) is 102 cm³/mol. The average Bonchev–Trinajstić information content (AvgIpc) is 2.68. The Labute approximate surface area is 168 Å². The molecule has 0 aliphatic heterocycles. The third-order valence-electron chi connectivity index (χ3n) is 3.91. The number of nitrogens with zero attached hydrogens (tertiary/aromatic N) is 1. The first-order valence-corrected chi connectivity index (χ1v) is 8.70. The van der Waals surface area contributed by atoms with Gasteiger partial charge in [-0.25, -0.2) is 0 Å². The largest absolute Gasteiger partial charge is 0.418 e. The summed E-state index contributed by atoms with van der Waals surface area (Å²) in [5.41, 5.74) is -2.00. The first kappa shape index (κ1) is 20.5. The van der Waals surface area contributed by atoms with Gasteiger partial charge in [0.1, 0.15) is 12.2 Å². The number of carbonyl (C=O) groups is 1.